The second-order valence-corrected chi connectivity index (χ2v) is 4.57. The normalized spacial score (nSPS) is 12.3. The van der Waals surface area contributed by atoms with Crippen LogP contribution in [0.4, 0.5) is 0 Å². The zero-order valence-corrected chi connectivity index (χ0v) is 11.2. The van der Waals surface area contributed by atoms with E-state index in [4.69, 9.17) is 0 Å². The first-order valence-corrected chi connectivity index (χ1v) is 5.46. The maximum absolute atomic E-state index is 10.6. The van der Waals surface area contributed by atoms with E-state index in [-0.39, 0.29) is 42.4 Å². The molecule has 0 fully saturated rings. The van der Waals surface area contributed by atoms with Crippen LogP contribution in [0.3, 0.4) is 0 Å². The fourth-order valence-electron chi connectivity index (χ4n) is 1.16. The molecule has 0 aromatic rings. The minimum Gasteiger partial charge on any atom is -0.746 e. The van der Waals surface area contributed by atoms with Crippen LogP contribution in [0.25, 0.3) is 0 Å². The number of aliphatic hydroxyl groups is 1. The molecule has 74 valence electrons. The first-order chi connectivity index (χ1) is 5.37. The average molecular weight is 218 g/mol. The smallest absolute Gasteiger partial charge is 0.746 e. The van der Waals surface area contributed by atoms with Gasteiger partial charge >= 0.3 is 29.6 Å². The summed E-state index contributed by atoms with van der Waals surface area (Å²) in [7, 11) is -4.58. The van der Waals surface area contributed by atoms with Crippen LogP contribution in [-0.4, -0.2) is 23.0 Å². The third-order valence-corrected chi connectivity index (χ3v) is 3.09. The van der Waals surface area contributed by atoms with Crippen LogP contribution in [0.2, 0.25) is 0 Å². The molecule has 0 spiro atoms. The van der Waals surface area contributed by atoms with E-state index in [0.717, 1.165) is 0 Å². The van der Waals surface area contributed by atoms with E-state index in [1.165, 1.54) is 0 Å². The summed E-state index contributed by atoms with van der Waals surface area (Å²) in [4.78, 5) is -2.05. The zero-order chi connectivity index (χ0) is 9.83. The van der Waals surface area contributed by atoms with Crippen molar-refractivity contribution in [2.75, 3.05) is 0 Å². The summed E-state index contributed by atoms with van der Waals surface area (Å²) in [5.74, 6) is 0. The molecule has 13 heavy (non-hydrogen) atoms. The average Bonchev–Trinajstić information content (AvgIpc) is 1.86. The van der Waals surface area contributed by atoms with Crippen LogP contribution in [-0.2, 0) is 10.1 Å². The molecule has 4 nitrogen and oxygen atoms in total. The number of rotatable bonds is 5. The first kappa shape index (κ1) is 16.3. The van der Waals surface area contributed by atoms with Gasteiger partial charge in [-0.05, 0) is 12.8 Å². The van der Waals surface area contributed by atoms with E-state index in [0.29, 0.717) is 12.8 Å². The maximum atomic E-state index is 10.6. The van der Waals surface area contributed by atoms with Crippen LogP contribution >= 0.6 is 0 Å². The van der Waals surface area contributed by atoms with E-state index in [2.05, 4.69) is 0 Å². The predicted molar refractivity (Wildman–Crippen MR) is 44.5 cm³/mol. The zero-order valence-electron chi connectivity index (χ0n) is 8.41. The molecule has 0 aromatic carbocycles. The van der Waals surface area contributed by atoms with Gasteiger partial charge in [-0.1, -0.05) is 26.7 Å². The van der Waals surface area contributed by atoms with Crippen LogP contribution in [0.5, 0.6) is 0 Å². The maximum Gasteiger partial charge on any atom is 1.00 e. The quantitative estimate of drug-likeness (QED) is 0.420. The Kier molecular flexibility index (Phi) is 7.99. The van der Waals surface area contributed by atoms with Gasteiger partial charge in [-0.3, -0.25) is 0 Å². The second-order valence-electron chi connectivity index (χ2n) is 2.90. The summed E-state index contributed by atoms with van der Waals surface area (Å²) in [5, 5.41) is 9.45. The van der Waals surface area contributed by atoms with Crippen LogP contribution in [0.15, 0.2) is 0 Å². The van der Waals surface area contributed by atoms with Crippen molar-refractivity contribution in [1.29, 1.82) is 0 Å². The summed E-state index contributed by atoms with van der Waals surface area (Å²) >= 11 is 0. The van der Waals surface area contributed by atoms with E-state index >= 15 is 0 Å². The monoisotopic (exact) mass is 218 g/mol. The largest absolute Gasteiger partial charge is 1.00 e. The Balaban J connectivity index is 0. The summed E-state index contributed by atoms with van der Waals surface area (Å²) in [5.41, 5.74) is 0. The van der Waals surface area contributed by atoms with Gasteiger partial charge in [-0.2, -0.15) is 0 Å². The molecule has 6 heteroatoms. The molecule has 1 N–H and O–H groups in total. The fourth-order valence-corrected chi connectivity index (χ4v) is 2.06. The number of hydrogen-bond acceptors (Lipinski definition) is 4. The minimum atomic E-state index is -4.58. The Morgan fingerprint density at radius 1 is 1.23 bits per heavy atom. The van der Waals surface area contributed by atoms with Crippen molar-refractivity contribution in [3.63, 3.8) is 0 Å². The van der Waals surface area contributed by atoms with Crippen molar-refractivity contribution in [2.45, 2.75) is 44.5 Å². The molecule has 0 rings (SSSR count). The van der Waals surface area contributed by atoms with E-state index in [1.807, 2.05) is 0 Å². The fraction of sp³-hybridized carbons (Fsp3) is 1.00. The molecule has 0 aliphatic heterocycles. The molecule has 0 amide bonds. The Bertz CT molecular complexity index is 219. The molecule has 0 aliphatic rings. The van der Waals surface area contributed by atoms with E-state index in [9.17, 15) is 18.1 Å². The summed E-state index contributed by atoms with van der Waals surface area (Å²) in [6.45, 7) is 3.46. The van der Waals surface area contributed by atoms with Crippen molar-refractivity contribution in [3.8, 4) is 0 Å². The molecule has 0 bridgehead atoms. The molecule has 0 heterocycles. The van der Waals surface area contributed by atoms with Crippen LogP contribution in [0, 0.1) is 0 Å². The van der Waals surface area contributed by atoms with E-state index < -0.39 is 15.1 Å². The van der Waals surface area contributed by atoms with Gasteiger partial charge in [0.05, 0.1) is 0 Å². The predicted octanol–water partition coefficient (Wildman–Crippen LogP) is -2.18. The Labute approximate surface area is 102 Å². The molecule has 0 atom stereocenters. The third-order valence-electron chi connectivity index (χ3n) is 1.75. The van der Waals surface area contributed by atoms with Crippen molar-refractivity contribution in [2.24, 2.45) is 0 Å². The standard InChI is InChI=1S/C7H16O4S.Na/c1-3-5-7(8,6-4-2)12(9,10)11;/h8H,3-6H2,1-2H3,(H,9,10,11);/q;+1/p-1. The number of hydrogen-bond donors (Lipinski definition) is 1. The summed E-state index contributed by atoms with van der Waals surface area (Å²) in [6.07, 6.45) is 1.01. The van der Waals surface area contributed by atoms with Gasteiger partial charge < -0.3 is 9.66 Å². The van der Waals surface area contributed by atoms with Crippen molar-refractivity contribution in [1.82, 2.24) is 0 Å². The molecule has 0 aliphatic carbocycles. The third kappa shape index (κ3) is 4.76. The molecule has 0 aromatic heterocycles. The van der Waals surface area contributed by atoms with Gasteiger partial charge in [0.2, 0.25) is 0 Å². The van der Waals surface area contributed by atoms with Gasteiger partial charge in [0.25, 0.3) is 0 Å². The molecule has 0 saturated heterocycles. The molecule has 0 radical (unpaired) electrons. The van der Waals surface area contributed by atoms with Gasteiger partial charge in [0.15, 0.2) is 4.93 Å². The Hall–Kier alpha value is 0.870. The summed E-state index contributed by atoms with van der Waals surface area (Å²) in [6, 6.07) is 0. The van der Waals surface area contributed by atoms with Crippen molar-refractivity contribution >= 4 is 10.1 Å². The SMILES string of the molecule is CCCC(O)(CCC)S(=O)(=O)[O-].[Na+]. The van der Waals surface area contributed by atoms with E-state index in [1.54, 1.807) is 13.8 Å². The Morgan fingerprint density at radius 2 is 1.54 bits per heavy atom. The van der Waals surface area contributed by atoms with Crippen LogP contribution in [0.1, 0.15) is 39.5 Å². The van der Waals surface area contributed by atoms with Gasteiger partial charge in [0, 0.05) is 0 Å². The molecule has 0 unspecified atom stereocenters. The molecular weight excluding hydrogens is 203 g/mol. The van der Waals surface area contributed by atoms with Crippen molar-refractivity contribution in [3.05, 3.63) is 0 Å². The van der Waals surface area contributed by atoms with Crippen LogP contribution < -0.4 is 29.6 Å². The van der Waals surface area contributed by atoms with Gasteiger partial charge in [0.1, 0.15) is 10.1 Å². The van der Waals surface area contributed by atoms with Gasteiger partial charge in [-0.15, -0.1) is 0 Å². The van der Waals surface area contributed by atoms with Crippen molar-refractivity contribution < 1.29 is 47.6 Å². The second kappa shape index (κ2) is 6.37. The van der Waals surface area contributed by atoms with Gasteiger partial charge in [-0.25, -0.2) is 8.42 Å². The topological polar surface area (TPSA) is 77.4 Å². The molecular formula is C7H15NaO4S. The summed E-state index contributed by atoms with van der Waals surface area (Å²) < 4.78 is 31.9. The molecule has 0 saturated carbocycles. The first-order valence-electron chi connectivity index (χ1n) is 4.05. The minimum absolute atomic E-state index is 0. The Morgan fingerprint density at radius 3 is 1.69 bits per heavy atom.